The summed E-state index contributed by atoms with van der Waals surface area (Å²) in [7, 11) is 0. The van der Waals surface area contributed by atoms with Gasteiger partial charge in [0.2, 0.25) is 0 Å². The highest BCUT2D eigenvalue weighted by atomic mass is 16.1. The number of benzene rings is 1. The number of hydrogen-bond acceptors (Lipinski definition) is 3. The van der Waals surface area contributed by atoms with E-state index in [4.69, 9.17) is 0 Å². The van der Waals surface area contributed by atoms with Gasteiger partial charge in [0, 0.05) is 18.9 Å². The molecule has 3 aromatic rings. The van der Waals surface area contributed by atoms with E-state index < -0.39 is 0 Å². The Bertz CT molecular complexity index is 738. The smallest absolute Gasteiger partial charge is 0.274 e. The van der Waals surface area contributed by atoms with Gasteiger partial charge >= 0.3 is 0 Å². The van der Waals surface area contributed by atoms with Crippen molar-refractivity contribution >= 4 is 11.6 Å². The molecule has 3 rings (SSSR count). The molecular weight excluding hydrogens is 276 g/mol. The molecule has 1 N–H and O–H groups in total. The number of anilines is 1. The summed E-state index contributed by atoms with van der Waals surface area (Å²) in [5, 5.41) is 7.05. The molecule has 1 amide bonds. The first-order valence-electron chi connectivity index (χ1n) is 7.10. The molecule has 0 atom stereocenters. The van der Waals surface area contributed by atoms with Crippen molar-refractivity contribution in [3.8, 4) is 0 Å². The maximum absolute atomic E-state index is 12.0. The fourth-order valence-corrected chi connectivity index (χ4v) is 2.13. The molecule has 2 aromatic heterocycles. The molecule has 110 valence electrons. The average Bonchev–Trinajstić information content (AvgIpc) is 3.02. The minimum atomic E-state index is -0.233. The summed E-state index contributed by atoms with van der Waals surface area (Å²) in [4.78, 5) is 16.0. The number of amides is 1. The first-order valence-corrected chi connectivity index (χ1v) is 7.10. The lowest BCUT2D eigenvalue weighted by Gasteiger charge is -2.02. The summed E-state index contributed by atoms with van der Waals surface area (Å²) in [5.41, 5.74) is 2.32. The highest BCUT2D eigenvalue weighted by Crippen LogP contribution is 2.08. The van der Waals surface area contributed by atoms with Gasteiger partial charge in [0.25, 0.3) is 5.91 Å². The number of carbonyl (C=O) groups excluding carboxylic acids is 1. The molecule has 5 nitrogen and oxygen atoms in total. The van der Waals surface area contributed by atoms with Crippen LogP contribution in [0.25, 0.3) is 0 Å². The zero-order valence-corrected chi connectivity index (χ0v) is 12.0. The van der Waals surface area contributed by atoms with Crippen molar-refractivity contribution in [3.63, 3.8) is 0 Å². The van der Waals surface area contributed by atoms with Crippen molar-refractivity contribution < 1.29 is 4.79 Å². The normalized spacial score (nSPS) is 10.4. The highest BCUT2D eigenvalue weighted by Gasteiger charge is 2.08. The van der Waals surface area contributed by atoms with Crippen LogP contribution in [0.3, 0.4) is 0 Å². The van der Waals surface area contributed by atoms with Gasteiger partial charge in [0.05, 0.1) is 11.9 Å². The number of aromatic nitrogens is 3. The summed E-state index contributed by atoms with van der Waals surface area (Å²) >= 11 is 0. The summed E-state index contributed by atoms with van der Waals surface area (Å²) < 4.78 is 1.82. The van der Waals surface area contributed by atoms with Crippen LogP contribution in [0.4, 0.5) is 5.69 Å². The molecule has 0 unspecified atom stereocenters. The van der Waals surface area contributed by atoms with Crippen LogP contribution < -0.4 is 5.32 Å². The van der Waals surface area contributed by atoms with Crippen LogP contribution in [0.15, 0.2) is 67.1 Å². The van der Waals surface area contributed by atoms with Crippen LogP contribution in [-0.2, 0) is 13.0 Å². The van der Waals surface area contributed by atoms with Gasteiger partial charge < -0.3 is 5.32 Å². The molecule has 0 aliphatic carbocycles. The maximum atomic E-state index is 12.0. The lowest BCUT2D eigenvalue weighted by atomic mass is 10.1. The van der Waals surface area contributed by atoms with Crippen molar-refractivity contribution in [3.05, 3.63) is 78.4 Å². The van der Waals surface area contributed by atoms with Gasteiger partial charge in [0.15, 0.2) is 0 Å². The Hall–Kier alpha value is -2.95. The van der Waals surface area contributed by atoms with Crippen molar-refractivity contribution in [2.75, 3.05) is 5.32 Å². The highest BCUT2D eigenvalue weighted by molar-refractivity contribution is 6.02. The molecule has 0 aliphatic rings. The monoisotopic (exact) mass is 292 g/mol. The van der Waals surface area contributed by atoms with Crippen molar-refractivity contribution in [1.82, 2.24) is 14.8 Å². The summed E-state index contributed by atoms with van der Waals surface area (Å²) in [6, 6.07) is 15.5. The number of hydrogen-bond donors (Lipinski definition) is 1. The standard InChI is InChI=1S/C17H16N4O/c22-17(16-8-4-5-10-18-16)20-15-12-19-21(13-15)11-9-14-6-2-1-3-7-14/h1-8,10,12-13H,9,11H2,(H,20,22). The molecule has 0 bridgehead atoms. The molecule has 1 aromatic carbocycles. The fourth-order valence-electron chi connectivity index (χ4n) is 2.13. The van der Waals surface area contributed by atoms with Crippen LogP contribution in [0.1, 0.15) is 16.1 Å². The third-order valence-corrected chi connectivity index (χ3v) is 3.26. The Kier molecular flexibility index (Phi) is 4.25. The Morgan fingerprint density at radius 3 is 2.68 bits per heavy atom. The average molecular weight is 292 g/mol. The summed E-state index contributed by atoms with van der Waals surface area (Å²) in [6.45, 7) is 0.767. The number of nitrogens with one attached hydrogen (secondary N) is 1. The van der Waals surface area contributed by atoms with E-state index in [-0.39, 0.29) is 5.91 Å². The minimum absolute atomic E-state index is 0.233. The Morgan fingerprint density at radius 1 is 1.09 bits per heavy atom. The maximum Gasteiger partial charge on any atom is 0.274 e. The first kappa shape index (κ1) is 14.0. The third kappa shape index (κ3) is 3.58. The quantitative estimate of drug-likeness (QED) is 0.786. The van der Waals surface area contributed by atoms with Crippen molar-refractivity contribution in [2.24, 2.45) is 0 Å². The van der Waals surface area contributed by atoms with Gasteiger partial charge in [-0.15, -0.1) is 0 Å². The molecule has 5 heteroatoms. The number of pyridine rings is 1. The van der Waals surface area contributed by atoms with E-state index >= 15 is 0 Å². The van der Waals surface area contributed by atoms with E-state index in [9.17, 15) is 4.79 Å². The van der Waals surface area contributed by atoms with Crippen LogP contribution in [0.2, 0.25) is 0 Å². The van der Waals surface area contributed by atoms with E-state index in [1.807, 2.05) is 29.1 Å². The lowest BCUT2D eigenvalue weighted by molar-refractivity contribution is 0.102. The van der Waals surface area contributed by atoms with Crippen LogP contribution in [0, 0.1) is 0 Å². The molecule has 0 saturated heterocycles. The second-order valence-corrected chi connectivity index (χ2v) is 4.90. The van der Waals surface area contributed by atoms with Gasteiger partial charge in [-0.2, -0.15) is 5.10 Å². The predicted octanol–water partition coefficient (Wildman–Crippen LogP) is 2.77. The predicted molar refractivity (Wildman–Crippen MR) is 84.6 cm³/mol. The molecular formula is C17H16N4O. The zero-order chi connectivity index (χ0) is 15.2. The van der Waals surface area contributed by atoms with E-state index in [0.717, 1.165) is 13.0 Å². The van der Waals surface area contributed by atoms with Crippen molar-refractivity contribution in [2.45, 2.75) is 13.0 Å². The molecule has 22 heavy (non-hydrogen) atoms. The van der Waals surface area contributed by atoms with E-state index in [2.05, 4.69) is 27.5 Å². The SMILES string of the molecule is O=C(Nc1cnn(CCc2ccccc2)c1)c1ccccn1. The van der Waals surface area contributed by atoms with Crippen LogP contribution in [-0.4, -0.2) is 20.7 Å². The van der Waals surface area contributed by atoms with Crippen molar-refractivity contribution in [1.29, 1.82) is 0 Å². The van der Waals surface area contributed by atoms with Gasteiger partial charge in [-0.25, -0.2) is 0 Å². The minimum Gasteiger partial charge on any atom is -0.318 e. The summed E-state index contributed by atoms with van der Waals surface area (Å²) in [6.07, 6.45) is 5.96. The number of carbonyl (C=O) groups is 1. The molecule has 0 radical (unpaired) electrons. The number of rotatable bonds is 5. The molecule has 2 heterocycles. The third-order valence-electron chi connectivity index (χ3n) is 3.26. The van der Waals surface area contributed by atoms with Crippen LogP contribution in [0.5, 0.6) is 0 Å². The molecule has 0 aliphatic heterocycles. The first-order chi connectivity index (χ1) is 10.8. The fraction of sp³-hybridized carbons (Fsp3) is 0.118. The topological polar surface area (TPSA) is 59.8 Å². The number of nitrogens with zero attached hydrogens (tertiary/aromatic N) is 3. The Balaban J connectivity index is 1.58. The largest absolute Gasteiger partial charge is 0.318 e. The van der Waals surface area contributed by atoms with Crippen LogP contribution >= 0.6 is 0 Å². The van der Waals surface area contributed by atoms with E-state index in [1.54, 1.807) is 30.6 Å². The molecule has 0 fully saturated rings. The molecule has 0 saturated carbocycles. The van der Waals surface area contributed by atoms with Gasteiger partial charge in [-0.05, 0) is 24.1 Å². The Labute approximate surface area is 128 Å². The lowest BCUT2D eigenvalue weighted by Crippen LogP contribution is -2.12. The van der Waals surface area contributed by atoms with E-state index in [0.29, 0.717) is 11.4 Å². The molecule has 0 spiro atoms. The van der Waals surface area contributed by atoms with Gasteiger partial charge in [-0.3, -0.25) is 14.5 Å². The van der Waals surface area contributed by atoms with E-state index in [1.165, 1.54) is 5.56 Å². The van der Waals surface area contributed by atoms with Gasteiger partial charge in [0.1, 0.15) is 5.69 Å². The summed E-state index contributed by atoms with van der Waals surface area (Å²) in [5.74, 6) is -0.233. The zero-order valence-electron chi connectivity index (χ0n) is 12.0. The second kappa shape index (κ2) is 6.67. The number of aryl methyl sites for hydroxylation is 2. The van der Waals surface area contributed by atoms with Gasteiger partial charge in [-0.1, -0.05) is 36.4 Å². The Morgan fingerprint density at radius 2 is 1.91 bits per heavy atom. The second-order valence-electron chi connectivity index (χ2n) is 4.90.